The van der Waals surface area contributed by atoms with Crippen LogP contribution in [0.25, 0.3) is 11.0 Å². The van der Waals surface area contributed by atoms with Gasteiger partial charge in [-0.2, -0.15) is 0 Å². The molecule has 1 aromatic heterocycles. The van der Waals surface area contributed by atoms with E-state index in [1.54, 1.807) is 12.1 Å². The SMILES string of the molecule is Cc1ccc2nc([C@H]3CCC[C@@H](NC(=O)c4ccc5c(c4)OCCO5)C3)[nH]c2c1.Cl. The molecule has 2 atom stereocenters. The van der Waals surface area contributed by atoms with Crippen LogP contribution < -0.4 is 14.8 Å². The van der Waals surface area contributed by atoms with Gasteiger partial charge in [0, 0.05) is 17.5 Å². The summed E-state index contributed by atoms with van der Waals surface area (Å²) >= 11 is 0. The number of ether oxygens (including phenoxy) is 2. The molecule has 158 valence electrons. The van der Waals surface area contributed by atoms with Gasteiger partial charge in [0.05, 0.1) is 11.0 Å². The lowest BCUT2D eigenvalue weighted by Crippen LogP contribution is -2.38. The Balaban J connectivity index is 0.00000218. The second-order valence-corrected chi connectivity index (χ2v) is 8.03. The lowest BCUT2D eigenvalue weighted by atomic mass is 9.85. The standard InChI is InChI=1S/C23H25N3O3.ClH/c1-14-5-7-18-19(11-14)26-22(25-18)15-3-2-4-17(12-15)24-23(27)16-6-8-20-21(13-16)29-10-9-28-20;/h5-8,11,13,15,17H,2-4,9-10,12H2,1H3,(H,24,27)(H,25,26);1H/t15-,17+;/m0./s1. The Morgan fingerprint density at radius 3 is 2.80 bits per heavy atom. The number of aryl methyl sites for hydroxylation is 1. The summed E-state index contributed by atoms with van der Waals surface area (Å²) in [7, 11) is 0. The van der Waals surface area contributed by atoms with Crippen LogP contribution in [0, 0.1) is 6.92 Å². The first-order valence-corrected chi connectivity index (χ1v) is 10.3. The van der Waals surface area contributed by atoms with Gasteiger partial charge in [-0.3, -0.25) is 4.79 Å². The quantitative estimate of drug-likeness (QED) is 0.644. The maximum absolute atomic E-state index is 12.8. The van der Waals surface area contributed by atoms with Crippen LogP contribution in [0.2, 0.25) is 0 Å². The van der Waals surface area contributed by atoms with Crippen molar-refractivity contribution in [2.45, 2.75) is 44.6 Å². The molecule has 1 aliphatic carbocycles. The first-order valence-electron chi connectivity index (χ1n) is 10.3. The molecule has 1 amide bonds. The Morgan fingerprint density at radius 1 is 1.10 bits per heavy atom. The summed E-state index contributed by atoms with van der Waals surface area (Å²) in [6, 6.07) is 11.8. The van der Waals surface area contributed by atoms with Crippen molar-refractivity contribution < 1.29 is 14.3 Å². The number of imidazole rings is 1. The van der Waals surface area contributed by atoms with Gasteiger partial charge >= 0.3 is 0 Å². The fourth-order valence-corrected chi connectivity index (χ4v) is 4.36. The van der Waals surface area contributed by atoms with Gasteiger partial charge in [-0.15, -0.1) is 12.4 Å². The number of H-pyrrole nitrogens is 1. The third-order valence-electron chi connectivity index (χ3n) is 5.86. The number of hydrogen-bond acceptors (Lipinski definition) is 4. The van der Waals surface area contributed by atoms with Crippen LogP contribution >= 0.6 is 12.4 Å². The summed E-state index contributed by atoms with van der Waals surface area (Å²) in [5.74, 6) is 2.65. The number of aromatic nitrogens is 2. The van der Waals surface area contributed by atoms with Crippen molar-refractivity contribution in [2.24, 2.45) is 0 Å². The summed E-state index contributed by atoms with van der Waals surface area (Å²) in [5, 5.41) is 3.21. The van der Waals surface area contributed by atoms with E-state index >= 15 is 0 Å². The van der Waals surface area contributed by atoms with E-state index in [1.807, 2.05) is 6.07 Å². The van der Waals surface area contributed by atoms with Crippen molar-refractivity contribution in [3.8, 4) is 11.5 Å². The van der Waals surface area contributed by atoms with Gasteiger partial charge in [0.15, 0.2) is 11.5 Å². The van der Waals surface area contributed by atoms with E-state index in [0.29, 0.717) is 36.2 Å². The minimum atomic E-state index is -0.0622. The summed E-state index contributed by atoms with van der Waals surface area (Å²) < 4.78 is 11.1. The van der Waals surface area contributed by atoms with E-state index in [1.165, 1.54) is 5.56 Å². The van der Waals surface area contributed by atoms with Gasteiger partial charge in [0.25, 0.3) is 5.91 Å². The highest BCUT2D eigenvalue weighted by Crippen LogP contribution is 2.34. The highest BCUT2D eigenvalue weighted by molar-refractivity contribution is 5.95. The molecule has 2 heterocycles. The molecule has 3 aromatic rings. The van der Waals surface area contributed by atoms with Crippen LogP contribution in [0.5, 0.6) is 11.5 Å². The number of nitrogens with zero attached hydrogens (tertiary/aromatic N) is 1. The fourth-order valence-electron chi connectivity index (χ4n) is 4.36. The van der Waals surface area contributed by atoms with E-state index in [4.69, 9.17) is 14.5 Å². The molecule has 6 nitrogen and oxygen atoms in total. The fraction of sp³-hybridized carbons (Fsp3) is 0.391. The summed E-state index contributed by atoms with van der Waals surface area (Å²) in [5.41, 5.74) is 3.92. The van der Waals surface area contributed by atoms with Crippen molar-refractivity contribution >= 4 is 29.3 Å². The number of carbonyl (C=O) groups excluding carboxylic acids is 1. The lowest BCUT2D eigenvalue weighted by molar-refractivity contribution is 0.0923. The number of halogens is 1. The van der Waals surface area contributed by atoms with E-state index in [9.17, 15) is 4.79 Å². The number of carbonyl (C=O) groups is 1. The molecule has 7 heteroatoms. The minimum Gasteiger partial charge on any atom is -0.486 e. The lowest BCUT2D eigenvalue weighted by Gasteiger charge is -2.29. The zero-order valence-corrected chi connectivity index (χ0v) is 17.8. The van der Waals surface area contributed by atoms with Gasteiger partial charge < -0.3 is 19.8 Å². The number of rotatable bonds is 3. The van der Waals surface area contributed by atoms with Crippen LogP contribution in [-0.4, -0.2) is 35.1 Å². The zero-order chi connectivity index (χ0) is 19.8. The molecule has 1 aliphatic heterocycles. The van der Waals surface area contributed by atoms with Crippen molar-refractivity contribution in [3.05, 3.63) is 53.3 Å². The van der Waals surface area contributed by atoms with Crippen molar-refractivity contribution in [2.75, 3.05) is 13.2 Å². The number of fused-ring (bicyclic) bond motifs is 2. The molecule has 0 spiro atoms. The molecule has 2 aromatic carbocycles. The number of aromatic amines is 1. The molecule has 0 unspecified atom stereocenters. The largest absolute Gasteiger partial charge is 0.486 e. The van der Waals surface area contributed by atoms with Crippen LogP contribution in [0.3, 0.4) is 0 Å². The Kier molecular flexibility index (Phi) is 5.86. The number of benzene rings is 2. The molecule has 2 N–H and O–H groups in total. The zero-order valence-electron chi connectivity index (χ0n) is 16.9. The molecular formula is C23H26ClN3O3. The average molecular weight is 428 g/mol. The molecule has 0 saturated heterocycles. The van der Waals surface area contributed by atoms with Crippen LogP contribution in [-0.2, 0) is 0 Å². The Morgan fingerprint density at radius 2 is 1.93 bits per heavy atom. The maximum atomic E-state index is 12.8. The van der Waals surface area contributed by atoms with Gasteiger partial charge in [0.1, 0.15) is 19.0 Å². The Labute approximate surface area is 181 Å². The molecule has 1 saturated carbocycles. The van der Waals surface area contributed by atoms with Gasteiger partial charge in [0.2, 0.25) is 0 Å². The molecule has 0 bridgehead atoms. The smallest absolute Gasteiger partial charge is 0.251 e. The predicted molar refractivity (Wildman–Crippen MR) is 118 cm³/mol. The monoisotopic (exact) mass is 427 g/mol. The average Bonchev–Trinajstić information content (AvgIpc) is 3.17. The number of amides is 1. The second kappa shape index (κ2) is 8.56. The first kappa shape index (κ1) is 20.5. The Hall–Kier alpha value is -2.73. The first-order chi connectivity index (χ1) is 14.2. The van der Waals surface area contributed by atoms with Crippen molar-refractivity contribution in [1.29, 1.82) is 0 Å². The van der Waals surface area contributed by atoms with E-state index < -0.39 is 0 Å². The van der Waals surface area contributed by atoms with Crippen LogP contribution in [0.1, 0.15) is 53.3 Å². The molecule has 30 heavy (non-hydrogen) atoms. The number of nitrogens with one attached hydrogen (secondary N) is 2. The van der Waals surface area contributed by atoms with Crippen molar-refractivity contribution in [1.82, 2.24) is 15.3 Å². The molecule has 2 aliphatic rings. The topological polar surface area (TPSA) is 76.2 Å². The summed E-state index contributed by atoms with van der Waals surface area (Å²) in [4.78, 5) is 21.1. The van der Waals surface area contributed by atoms with Gasteiger partial charge in [-0.25, -0.2) is 4.98 Å². The molecular weight excluding hydrogens is 402 g/mol. The van der Waals surface area contributed by atoms with E-state index in [-0.39, 0.29) is 24.4 Å². The predicted octanol–water partition coefficient (Wildman–Crippen LogP) is 4.52. The third kappa shape index (κ3) is 4.10. The highest BCUT2D eigenvalue weighted by Gasteiger charge is 2.27. The third-order valence-corrected chi connectivity index (χ3v) is 5.86. The highest BCUT2D eigenvalue weighted by atomic mass is 35.5. The second-order valence-electron chi connectivity index (χ2n) is 8.03. The molecule has 1 fully saturated rings. The normalized spacial score (nSPS) is 20.4. The van der Waals surface area contributed by atoms with Gasteiger partial charge in [-0.1, -0.05) is 12.5 Å². The van der Waals surface area contributed by atoms with Crippen LogP contribution in [0.15, 0.2) is 36.4 Å². The van der Waals surface area contributed by atoms with E-state index in [0.717, 1.165) is 42.5 Å². The number of hydrogen-bond donors (Lipinski definition) is 2. The Bertz CT molecular complexity index is 1070. The van der Waals surface area contributed by atoms with E-state index in [2.05, 4.69) is 35.4 Å². The minimum absolute atomic E-state index is 0. The van der Waals surface area contributed by atoms with Crippen LogP contribution in [0.4, 0.5) is 0 Å². The maximum Gasteiger partial charge on any atom is 0.251 e. The van der Waals surface area contributed by atoms with Crippen molar-refractivity contribution in [3.63, 3.8) is 0 Å². The molecule has 5 rings (SSSR count). The summed E-state index contributed by atoms with van der Waals surface area (Å²) in [6.07, 6.45) is 4.06. The summed E-state index contributed by atoms with van der Waals surface area (Å²) in [6.45, 7) is 3.15. The molecule has 0 radical (unpaired) electrons. The van der Waals surface area contributed by atoms with Gasteiger partial charge in [-0.05, 0) is 62.1 Å².